The molecule has 118 valence electrons. The molecule has 1 aromatic carbocycles. The van der Waals surface area contributed by atoms with Gasteiger partial charge in [0.1, 0.15) is 6.54 Å². The van der Waals surface area contributed by atoms with Crippen molar-refractivity contribution in [2.75, 3.05) is 31.3 Å². The van der Waals surface area contributed by atoms with Gasteiger partial charge in [-0.1, -0.05) is 0 Å². The number of rotatable bonds is 4. The fourth-order valence-corrected chi connectivity index (χ4v) is 1.95. The lowest BCUT2D eigenvalue weighted by atomic mass is 10.1. The molecule has 0 aliphatic heterocycles. The number of hydrogen-bond donors (Lipinski definition) is 1. The second-order valence-corrected chi connectivity index (χ2v) is 5.31. The van der Waals surface area contributed by atoms with E-state index in [2.05, 4.69) is 0 Å². The molecular weight excluding hydrogens is 283 g/mol. The minimum atomic E-state index is -4.32. The molecule has 1 rings (SSSR count). The number of nitrogens with zero attached hydrogens (tertiary/aromatic N) is 2. The van der Waals surface area contributed by atoms with Gasteiger partial charge in [-0.05, 0) is 32.0 Å². The highest BCUT2D eigenvalue weighted by Gasteiger charge is 2.32. The van der Waals surface area contributed by atoms with Crippen molar-refractivity contribution >= 4 is 17.3 Å². The summed E-state index contributed by atoms with van der Waals surface area (Å²) in [7, 11) is 3.19. The van der Waals surface area contributed by atoms with E-state index in [1.165, 1.54) is 28.0 Å². The van der Waals surface area contributed by atoms with Crippen molar-refractivity contribution in [2.45, 2.75) is 26.1 Å². The maximum atomic E-state index is 12.7. The van der Waals surface area contributed by atoms with Crippen LogP contribution in [0, 0.1) is 0 Å². The van der Waals surface area contributed by atoms with Crippen molar-refractivity contribution < 1.29 is 18.0 Å². The summed E-state index contributed by atoms with van der Waals surface area (Å²) in [5, 5.41) is 0. The van der Waals surface area contributed by atoms with Gasteiger partial charge in [-0.2, -0.15) is 13.2 Å². The Morgan fingerprint density at radius 2 is 1.86 bits per heavy atom. The molecule has 0 saturated carbocycles. The highest BCUT2D eigenvalue weighted by atomic mass is 19.4. The third kappa shape index (κ3) is 4.54. The molecule has 0 bridgehead atoms. The van der Waals surface area contributed by atoms with E-state index in [1.807, 2.05) is 0 Å². The summed E-state index contributed by atoms with van der Waals surface area (Å²) in [5.41, 5.74) is 6.61. The maximum absolute atomic E-state index is 12.7. The van der Waals surface area contributed by atoms with Crippen LogP contribution in [0.5, 0.6) is 0 Å². The monoisotopic (exact) mass is 303 g/mol. The van der Waals surface area contributed by atoms with Gasteiger partial charge in [0.2, 0.25) is 0 Å². The number of carbonyl (C=O) groups is 1. The van der Waals surface area contributed by atoms with Gasteiger partial charge in [-0.15, -0.1) is 0 Å². The van der Waals surface area contributed by atoms with E-state index in [0.717, 1.165) is 0 Å². The standard InChI is InChI=1S/C14H20F3N3O/c1-9(2)20(8-14(15,16)17)12-6-5-10(7-11(12)18)13(21)19(3)4/h5-7,9H,8,18H2,1-4H3. The summed E-state index contributed by atoms with van der Waals surface area (Å²) in [6.45, 7) is 2.23. The smallest absolute Gasteiger partial charge is 0.397 e. The highest BCUT2D eigenvalue weighted by molar-refractivity contribution is 5.95. The Morgan fingerprint density at radius 1 is 1.29 bits per heavy atom. The average Bonchev–Trinajstić information content (AvgIpc) is 2.33. The molecule has 0 spiro atoms. The number of alkyl halides is 3. The fraction of sp³-hybridized carbons (Fsp3) is 0.500. The molecule has 1 aromatic rings. The van der Waals surface area contributed by atoms with Crippen molar-refractivity contribution in [3.05, 3.63) is 23.8 Å². The molecule has 7 heteroatoms. The number of halogens is 3. The Morgan fingerprint density at radius 3 is 2.24 bits per heavy atom. The van der Waals surface area contributed by atoms with Gasteiger partial charge < -0.3 is 15.5 Å². The van der Waals surface area contributed by atoms with Crippen LogP contribution >= 0.6 is 0 Å². The zero-order valence-corrected chi connectivity index (χ0v) is 12.5. The Labute approximate surface area is 122 Å². The van der Waals surface area contributed by atoms with Crippen LogP contribution in [0.1, 0.15) is 24.2 Å². The Hall–Kier alpha value is -1.92. The SMILES string of the molecule is CC(C)N(CC(F)(F)F)c1ccc(C(=O)N(C)C)cc1N. The molecule has 0 unspecified atom stereocenters. The molecule has 0 aliphatic rings. The summed E-state index contributed by atoms with van der Waals surface area (Å²) in [6.07, 6.45) is -4.32. The summed E-state index contributed by atoms with van der Waals surface area (Å²) in [6, 6.07) is 3.98. The van der Waals surface area contributed by atoms with Crippen LogP contribution in [0.3, 0.4) is 0 Å². The second kappa shape index (κ2) is 6.24. The summed E-state index contributed by atoms with van der Waals surface area (Å²) in [4.78, 5) is 14.4. The molecule has 0 atom stereocenters. The molecule has 0 radical (unpaired) electrons. The highest BCUT2D eigenvalue weighted by Crippen LogP contribution is 2.29. The minimum Gasteiger partial charge on any atom is -0.397 e. The van der Waals surface area contributed by atoms with Crippen LogP contribution in [-0.4, -0.2) is 43.7 Å². The molecule has 21 heavy (non-hydrogen) atoms. The molecular formula is C14H20F3N3O. The minimum absolute atomic E-state index is 0.153. The average molecular weight is 303 g/mol. The van der Waals surface area contributed by atoms with Crippen LogP contribution < -0.4 is 10.6 Å². The van der Waals surface area contributed by atoms with Gasteiger partial charge in [0.25, 0.3) is 5.91 Å². The van der Waals surface area contributed by atoms with E-state index in [4.69, 9.17) is 5.73 Å². The normalized spacial score (nSPS) is 11.6. The number of nitrogens with two attached hydrogens (primary N) is 1. The third-order valence-corrected chi connectivity index (χ3v) is 2.96. The lowest BCUT2D eigenvalue weighted by Crippen LogP contribution is -2.39. The first-order valence-corrected chi connectivity index (χ1v) is 6.47. The topological polar surface area (TPSA) is 49.6 Å². The van der Waals surface area contributed by atoms with E-state index in [0.29, 0.717) is 5.56 Å². The molecule has 1 amide bonds. The number of anilines is 2. The maximum Gasteiger partial charge on any atom is 0.405 e. The van der Waals surface area contributed by atoms with Crippen molar-refractivity contribution in [3.63, 3.8) is 0 Å². The molecule has 4 nitrogen and oxygen atoms in total. The summed E-state index contributed by atoms with van der Waals surface area (Å²) in [5.74, 6) is -0.250. The number of hydrogen-bond acceptors (Lipinski definition) is 3. The first-order chi connectivity index (χ1) is 9.53. The van der Waals surface area contributed by atoms with Gasteiger partial charge >= 0.3 is 6.18 Å². The van der Waals surface area contributed by atoms with Crippen molar-refractivity contribution in [3.8, 4) is 0 Å². The molecule has 0 saturated heterocycles. The quantitative estimate of drug-likeness (QED) is 0.870. The van der Waals surface area contributed by atoms with Crippen LogP contribution in [0.15, 0.2) is 18.2 Å². The number of nitrogen functional groups attached to an aromatic ring is 1. The van der Waals surface area contributed by atoms with Crippen LogP contribution in [0.25, 0.3) is 0 Å². The Balaban J connectivity index is 3.14. The van der Waals surface area contributed by atoms with Gasteiger partial charge in [-0.3, -0.25) is 4.79 Å². The first kappa shape index (κ1) is 17.1. The number of amides is 1. The Kier molecular flexibility index (Phi) is 5.09. The molecule has 2 N–H and O–H groups in total. The lowest BCUT2D eigenvalue weighted by molar-refractivity contribution is -0.120. The van der Waals surface area contributed by atoms with Gasteiger partial charge in [0.05, 0.1) is 11.4 Å². The van der Waals surface area contributed by atoms with Crippen LogP contribution in [0.2, 0.25) is 0 Å². The van der Waals surface area contributed by atoms with E-state index in [9.17, 15) is 18.0 Å². The zero-order chi connectivity index (χ0) is 16.4. The number of carbonyl (C=O) groups excluding carboxylic acids is 1. The van der Waals surface area contributed by atoms with E-state index < -0.39 is 12.7 Å². The Bertz CT molecular complexity index is 513. The number of benzene rings is 1. The second-order valence-electron chi connectivity index (χ2n) is 5.31. The molecule has 0 aromatic heterocycles. The predicted molar refractivity (Wildman–Crippen MR) is 77.4 cm³/mol. The predicted octanol–water partition coefficient (Wildman–Crippen LogP) is 2.75. The molecule has 0 fully saturated rings. The van der Waals surface area contributed by atoms with Crippen molar-refractivity contribution in [1.82, 2.24) is 4.90 Å². The molecule has 0 heterocycles. The zero-order valence-electron chi connectivity index (χ0n) is 12.5. The van der Waals surface area contributed by atoms with Gasteiger partial charge in [0, 0.05) is 25.7 Å². The van der Waals surface area contributed by atoms with E-state index >= 15 is 0 Å². The van der Waals surface area contributed by atoms with Crippen LogP contribution in [0.4, 0.5) is 24.5 Å². The van der Waals surface area contributed by atoms with Crippen LogP contribution in [-0.2, 0) is 0 Å². The van der Waals surface area contributed by atoms with Gasteiger partial charge in [0.15, 0.2) is 0 Å². The van der Waals surface area contributed by atoms with Gasteiger partial charge in [-0.25, -0.2) is 0 Å². The first-order valence-electron chi connectivity index (χ1n) is 6.47. The van der Waals surface area contributed by atoms with E-state index in [-0.39, 0.29) is 23.3 Å². The summed E-state index contributed by atoms with van der Waals surface area (Å²) < 4.78 is 38.0. The third-order valence-electron chi connectivity index (χ3n) is 2.96. The fourth-order valence-electron chi connectivity index (χ4n) is 1.95. The largest absolute Gasteiger partial charge is 0.405 e. The van der Waals surface area contributed by atoms with Crippen molar-refractivity contribution in [2.24, 2.45) is 0 Å². The summed E-state index contributed by atoms with van der Waals surface area (Å²) >= 11 is 0. The molecule has 0 aliphatic carbocycles. The lowest BCUT2D eigenvalue weighted by Gasteiger charge is -2.31. The van der Waals surface area contributed by atoms with Crippen molar-refractivity contribution in [1.29, 1.82) is 0 Å². The van der Waals surface area contributed by atoms with E-state index in [1.54, 1.807) is 27.9 Å².